The maximum absolute atomic E-state index is 15.1. The molecule has 200 valence electrons. The lowest BCUT2D eigenvalue weighted by Crippen LogP contribution is -2.33. The van der Waals surface area contributed by atoms with Crippen LogP contribution in [0.2, 0.25) is 0 Å². The van der Waals surface area contributed by atoms with Gasteiger partial charge in [-0.3, -0.25) is 30.3 Å². The van der Waals surface area contributed by atoms with Gasteiger partial charge in [-0.2, -0.15) is 4.57 Å². The van der Waals surface area contributed by atoms with Crippen LogP contribution in [-0.4, -0.2) is 14.8 Å². The van der Waals surface area contributed by atoms with E-state index in [2.05, 4.69) is 0 Å². The fourth-order valence-corrected chi connectivity index (χ4v) is 4.44. The minimum Gasteiger partial charge on any atom is -0.258 e. The van der Waals surface area contributed by atoms with Gasteiger partial charge in [0.05, 0.1) is 31.1 Å². The zero-order valence-electron chi connectivity index (χ0n) is 19.4. The minimum absolute atomic E-state index is 0.0558. The first-order valence-electron chi connectivity index (χ1n) is 10.9. The lowest BCUT2D eigenvalue weighted by Gasteiger charge is -2.14. The highest BCUT2D eigenvalue weighted by Crippen LogP contribution is 2.41. The first-order valence-corrected chi connectivity index (χ1v) is 10.9. The highest BCUT2D eigenvalue weighted by atomic mass is 19.2. The van der Waals surface area contributed by atoms with Gasteiger partial charge in [-0.1, -0.05) is 0 Å². The molecule has 40 heavy (non-hydrogen) atoms. The Kier molecular flexibility index (Phi) is 6.05. The summed E-state index contributed by atoms with van der Waals surface area (Å²) in [5.41, 5.74) is -3.68. The number of halogens is 5. The Labute approximate surface area is 217 Å². The lowest BCUT2D eigenvalue weighted by molar-refractivity contribution is -0.538. The Balaban J connectivity index is 2.07. The standard InChI is InChI=1S/C25H10F5N4O6/c26-21-20(22(27)24(29)25(30)23(21)28)19-15-9-13(33(37)38)5-7-17(15)31(11-1-3-12(4-2-11)32(35)36)18-8-6-14(34(39)40)10-16(18)19/h1-10H/q+1. The van der Waals surface area contributed by atoms with Crippen molar-refractivity contribution in [1.29, 1.82) is 0 Å². The van der Waals surface area contributed by atoms with Crippen LogP contribution in [0.4, 0.5) is 39.0 Å². The van der Waals surface area contributed by atoms with Crippen LogP contribution < -0.4 is 4.57 Å². The van der Waals surface area contributed by atoms with Crippen LogP contribution in [0.1, 0.15) is 0 Å². The quantitative estimate of drug-likeness (QED) is 0.0470. The summed E-state index contributed by atoms with van der Waals surface area (Å²) in [7, 11) is 0. The van der Waals surface area contributed by atoms with Crippen molar-refractivity contribution in [2.45, 2.75) is 0 Å². The molecule has 5 rings (SSSR count). The molecule has 0 saturated heterocycles. The normalized spacial score (nSPS) is 11.2. The van der Waals surface area contributed by atoms with E-state index < -0.39 is 77.1 Å². The molecule has 0 atom stereocenters. The number of nitrogens with zero attached hydrogens (tertiary/aromatic N) is 4. The molecule has 10 nitrogen and oxygen atoms in total. The van der Waals surface area contributed by atoms with Crippen molar-refractivity contribution < 1.29 is 41.3 Å². The average molecular weight is 557 g/mol. The lowest BCUT2D eigenvalue weighted by atomic mass is 9.93. The smallest absolute Gasteiger partial charge is 0.258 e. The number of nitro benzene ring substituents is 3. The van der Waals surface area contributed by atoms with E-state index in [1.165, 1.54) is 16.7 Å². The van der Waals surface area contributed by atoms with E-state index in [4.69, 9.17) is 0 Å². The second-order valence-electron chi connectivity index (χ2n) is 8.35. The van der Waals surface area contributed by atoms with Crippen LogP contribution in [0.15, 0.2) is 60.7 Å². The second-order valence-corrected chi connectivity index (χ2v) is 8.35. The number of fused-ring (bicyclic) bond motifs is 2. The molecule has 0 unspecified atom stereocenters. The van der Waals surface area contributed by atoms with Gasteiger partial charge in [0.25, 0.3) is 17.1 Å². The fourth-order valence-electron chi connectivity index (χ4n) is 4.44. The second kappa shape index (κ2) is 9.30. The Bertz CT molecular complexity index is 1850. The monoisotopic (exact) mass is 557 g/mol. The van der Waals surface area contributed by atoms with E-state index in [9.17, 15) is 43.5 Å². The van der Waals surface area contributed by atoms with Crippen LogP contribution in [0.25, 0.3) is 38.6 Å². The third-order valence-electron chi connectivity index (χ3n) is 6.18. The Morgan fingerprint density at radius 1 is 0.500 bits per heavy atom. The molecular formula is C25H10F5N4O6+. The molecule has 4 aromatic carbocycles. The van der Waals surface area contributed by atoms with Gasteiger partial charge >= 0.3 is 0 Å². The summed E-state index contributed by atoms with van der Waals surface area (Å²) in [5.74, 6) is -11.5. The number of nitro groups is 3. The highest BCUT2D eigenvalue weighted by Gasteiger charge is 2.33. The van der Waals surface area contributed by atoms with Crippen LogP contribution in [0, 0.1) is 59.4 Å². The van der Waals surface area contributed by atoms with Crippen molar-refractivity contribution in [3.63, 3.8) is 0 Å². The molecule has 15 heteroatoms. The molecule has 1 heterocycles. The van der Waals surface area contributed by atoms with E-state index in [0.717, 1.165) is 48.5 Å². The number of non-ortho nitro benzene ring substituents is 3. The van der Waals surface area contributed by atoms with Crippen LogP contribution >= 0.6 is 0 Å². The third-order valence-corrected chi connectivity index (χ3v) is 6.18. The SMILES string of the molecule is O=[N+]([O-])c1ccc(-[n+]2c3ccc([N+](=O)[O-])cc3c(-c3c(F)c(F)c(F)c(F)c3F)c3cc([N+](=O)[O-])ccc32)cc1. The number of hydrogen-bond donors (Lipinski definition) is 0. The number of aromatic nitrogens is 1. The molecule has 0 aliphatic rings. The van der Waals surface area contributed by atoms with Crippen molar-refractivity contribution in [2.24, 2.45) is 0 Å². The van der Waals surface area contributed by atoms with Gasteiger partial charge in [0.15, 0.2) is 23.3 Å². The van der Waals surface area contributed by atoms with Crippen LogP contribution in [0.5, 0.6) is 0 Å². The van der Waals surface area contributed by atoms with E-state index in [1.54, 1.807) is 0 Å². The summed E-state index contributed by atoms with van der Waals surface area (Å²) in [6.45, 7) is 0. The van der Waals surface area contributed by atoms with Gasteiger partial charge in [0.1, 0.15) is 0 Å². The predicted molar refractivity (Wildman–Crippen MR) is 128 cm³/mol. The summed E-state index contributed by atoms with van der Waals surface area (Å²) < 4.78 is 74.1. The maximum Gasteiger partial charge on any atom is 0.270 e. The van der Waals surface area contributed by atoms with Gasteiger partial charge in [-0.15, -0.1) is 0 Å². The average Bonchev–Trinajstić information content (AvgIpc) is 2.94. The van der Waals surface area contributed by atoms with Crippen molar-refractivity contribution in [3.8, 4) is 16.8 Å². The molecule has 0 N–H and O–H groups in total. The van der Waals surface area contributed by atoms with Crippen molar-refractivity contribution in [2.75, 3.05) is 0 Å². The molecule has 0 bridgehead atoms. The van der Waals surface area contributed by atoms with Crippen molar-refractivity contribution in [1.82, 2.24) is 0 Å². The molecule has 0 aliphatic carbocycles. The summed E-state index contributed by atoms with van der Waals surface area (Å²) in [6, 6.07) is 10.8. The van der Waals surface area contributed by atoms with E-state index in [1.807, 2.05) is 0 Å². The molecule has 0 radical (unpaired) electrons. The number of pyridine rings is 1. The molecular weight excluding hydrogens is 547 g/mol. The topological polar surface area (TPSA) is 133 Å². The molecule has 0 aliphatic heterocycles. The van der Waals surface area contributed by atoms with Gasteiger partial charge < -0.3 is 0 Å². The Morgan fingerprint density at radius 2 is 0.875 bits per heavy atom. The van der Waals surface area contributed by atoms with Crippen LogP contribution in [0.3, 0.4) is 0 Å². The minimum atomic E-state index is -2.44. The summed E-state index contributed by atoms with van der Waals surface area (Å²) in [5, 5.41) is 33.5. The van der Waals surface area contributed by atoms with Gasteiger partial charge in [-0.25, -0.2) is 22.0 Å². The van der Waals surface area contributed by atoms with E-state index >= 15 is 8.78 Å². The first-order chi connectivity index (χ1) is 18.9. The Hall–Kier alpha value is -5.60. The predicted octanol–water partition coefficient (Wildman–Crippen LogP) is 6.36. The summed E-state index contributed by atoms with van der Waals surface area (Å²) in [4.78, 5) is 31.9. The molecule has 0 spiro atoms. The molecule has 0 amide bonds. The third kappa shape index (κ3) is 3.91. The zero-order valence-corrected chi connectivity index (χ0v) is 19.4. The number of hydrogen-bond acceptors (Lipinski definition) is 6. The van der Waals surface area contributed by atoms with Gasteiger partial charge in [0, 0.05) is 66.2 Å². The van der Waals surface area contributed by atoms with Gasteiger partial charge in [-0.05, 0) is 0 Å². The fraction of sp³-hybridized carbons (Fsp3) is 0. The maximum atomic E-state index is 15.1. The van der Waals surface area contributed by atoms with E-state index in [0.29, 0.717) is 0 Å². The van der Waals surface area contributed by atoms with Crippen molar-refractivity contribution >= 4 is 38.9 Å². The first kappa shape index (κ1) is 26.0. The summed E-state index contributed by atoms with van der Waals surface area (Å²) >= 11 is 0. The number of benzene rings is 4. The Morgan fingerprint density at radius 3 is 1.27 bits per heavy atom. The molecule has 1 aromatic heterocycles. The summed E-state index contributed by atoms with van der Waals surface area (Å²) in [6.07, 6.45) is 0. The molecule has 0 saturated carbocycles. The molecule has 0 fully saturated rings. The highest BCUT2D eigenvalue weighted by molar-refractivity contribution is 6.08. The van der Waals surface area contributed by atoms with E-state index in [-0.39, 0.29) is 22.4 Å². The number of rotatable bonds is 5. The van der Waals surface area contributed by atoms with Crippen LogP contribution in [-0.2, 0) is 0 Å². The van der Waals surface area contributed by atoms with Crippen molar-refractivity contribution in [3.05, 3.63) is 120 Å². The molecule has 5 aromatic rings. The largest absolute Gasteiger partial charge is 0.270 e. The van der Waals surface area contributed by atoms with Gasteiger partial charge in [0.2, 0.25) is 22.5 Å². The zero-order chi connectivity index (χ0) is 29.0.